The number of anilines is 1. The maximum atomic E-state index is 13.0. The lowest BCUT2D eigenvalue weighted by molar-refractivity contribution is -0.137. The smallest absolute Gasteiger partial charge is 0.381 e. The van der Waals surface area contributed by atoms with Gasteiger partial charge in [0.15, 0.2) is 0 Å². The number of rotatable bonds is 4. The number of benzene rings is 1. The number of hydrogen-bond donors (Lipinski definition) is 1. The minimum absolute atomic E-state index is 0.133. The molecule has 152 valence electrons. The summed E-state index contributed by atoms with van der Waals surface area (Å²) >= 11 is 0. The molecule has 1 heterocycles. The lowest BCUT2D eigenvalue weighted by Crippen LogP contribution is -2.44. The van der Waals surface area contributed by atoms with Crippen molar-refractivity contribution >= 4 is 15.7 Å². The van der Waals surface area contributed by atoms with Crippen LogP contribution in [0, 0.1) is 5.92 Å². The van der Waals surface area contributed by atoms with E-state index in [-0.39, 0.29) is 15.6 Å². The van der Waals surface area contributed by atoms with Gasteiger partial charge in [-0.15, -0.1) is 0 Å². The molecule has 1 aliphatic carbocycles. The van der Waals surface area contributed by atoms with Gasteiger partial charge in [0.2, 0.25) is 0 Å². The molecule has 2 aliphatic rings. The molecule has 1 fully saturated rings. The number of sulfonamides is 1. The van der Waals surface area contributed by atoms with Crippen molar-refractivity contribution in [1.29, 1.82) is 0 Å². The van der Waals surface area contributed by atoms with E-state index >= 15 is 0 Å². The van der Waals surface area contributed by atoms with Crippen LogP contribution < -0.4 is 5.32 Å². The molecule has 1 saturated carbocycles. The number of fused-ring (bicyclic) bond motifs is 1. The molecule has 1 aliphatic heterocycles. The van der Waals surface area contributed by atoms with Crippen molar-refractivity contribution in [3.8, 4) is 0 Å². The first-order chi connectivity index (χ1) is 12.4. The zero-order chi connectivity index (χ0) is 20.0. The molecule has 11 heteroatoms. The monoisotopic (exact) mass is 416 g/mol. The van der Waals surface area contributed by atoms with Crippen LogP contribution >= 0.6 is 0 Å². The summed E-state index contributed by atoms with van der Waals surface area (Å²) < 4.78 is 102. The Morgan fingerprint density at radius 3 is 2.30 bits per heavy atom. The summed E-state index contributed by atoms with van der Waals surface area (Å²) in [4.78, 5) is 0. The van der Waals surface area contributed by atoms with Crippen LogP contribution in [0.3, 0.4) is 0 Å². The topological polar surface area (TPSA) is 49.4 Å². The Morgan fingerprint density at radius 2 is 1.74 bits per heavy atom. The van der Waals surface area contributed by atoms with Gasteiger partial charge < -0.3 is 5.32 Å². The summed E-state index contributed by atoms with van der Waals surface area (Å²) in [6.45, 7) is -1.22. The molecule has 0 radical (unpaired) electrons. The molecular weight excluding hydrogens is 398 g/mol. The van der Waals surface area contributed by atoms with Crippen molar-refractivity contribution in [1.82, 2.24) is 4.31 Å². The highest BCUT2D eigenvalue weighted by atomic mass is 32.2. The Balaban J connectivity index is 1.95. The van der Waals surface area contributed by atoms with Crippen molar-refractivity contribution in [2.45, 2.75) is 50.0 Å². The number of nitrogens with zero attached hydrogens (tertiary/aromatic N) is 1. The van der Waals surface area contributed by atoms with Gasteiger partial charge in [-0.25, -0.2) is 8.42 Å². The van der Waals surface area contributed by atoms with Gasteiger partial charge in [0.05, 0.1) is 5.56 Å². The summed E-state index contributed by atoms with van der Waals surface area (Å²) in [6.07, 6.45) is -1.45. The van der Waals surface area contributed by atoms with Crippen LogP contribution in [0.2, 0.25) is 0 Å². The highest BCUT2D eigenvalue weighted by molar-refractivity contribution is 7.89. The van der Waals surface area contributed by atoms with E-state index in [1.165, 1.54) is 0 Å². The first-order valence-corrected chi connectivity index (χ1v) is 9.85. The Bertz CT molecular complexity index is 802. The number of alkyl halides is 6. The van der Waals surface area contributed by atoms with E-state index in [1.54, 1.807) is 0 Å². The fourth-order valence-electron chi connectivity index (χ4n) is 3.14. The average Bonchev–Trinajstić information content (AvgIpc) is 3.36. The van der Waals surface area contributed by atoms with Crippen LogP contribution in [0.5, 0.6) is 0 Å². The van der Waals surface area contributed by atoms with Gasteiger partial charge in [0.25, 0.3) is 0 Å². The van der Waals surface area contributed by atoms with E-state index in [9.17, 15) is 34.8 Å². The van der Waals surface area contributed by atoms with Crippen molar-refractivity contribution in [3.05, 3.63) is 29.3 Å². The van der Waals surface area contributed by atoms with Crippen LogP contribution in [-0.4, -0.2) is 30.8 Å². The van der Waals surface area contributed by atoms with Gasteiger partial charge in [-0.1, -0.05) is 12.8 Å². The van der Waals surface area contributed by atoms with Gasteiger partial charge in [0, 0.05) is 24.8 Å². The molecule has 4 nitrogen and oxygen atoms in total. The lowest BCUT2D eigenvalue weighted by Gasteiger charge is -2.25. The van der Waals surface area contributed by atoms with Crippen molar-refractivity contribution in [2.24, 2.45) is 5.92 Å². The Kier molecular flexibility index (Phi) is 5.13. The van der Waals surface area contributed by atoms with Gasteiger partial charge in [-0.3, -0.25) is 0 Å². The molecule has 0 aromatic heterocycles. The van der Waals surface area contributed by atoms with Crippen molar-refractivity contribution in [3.63, 3.8) is 0 Å². The van der Waals surface area contributed by atoms with E-state index in [2.05, 4.69) is 5.32 Å². The van der Waals surface area contributed by atoms with Crippen LogP contribution in [0.4, 0.5) is 32.0 Å². The third-order valence-electron chi connectivity index (χ3n) is 4.82. The molecule has 1 aromatic carbocycles. The summed E-state index contributed by atoms with van der Waals surface area (Å²) in [6, 6.07) is 2.06. The van der Waals surface area contributed by atoms with Crippen LogP contribution in [-0.2, 0) is 22.7 Å². The normalized spacial score (nSPS) is 22.1. The zero-order valence-corrected chi connectivity index (χ0v) is 14.9. The molecule has 27 heavy (non-hydrogen) atoms. The molecule has 0 amide bonds. The average molecular weight is 416 g/mol. The number of nitrogens with one attached hydrogen (secondary N) is 1. The summed E-state index contributed by atoms with van der Waals surface area (Å²) in [5.41, 5.74) is -6.46. The molecule has 0 saturated heterocycles. The number of hydrogen-bond acceptors (Lipinski definition) is 3. The summed E-state index contributed by atoms with van der Waals surface area (Å²) in [5, 5.41) is 2.93. The maximum absolute atomic E-state index is 13.0. The third-order valence-corrected chi connectivity index (χ3v) is 6.36. The fraction of sp³-hybridized carbons (Fsp3) is 0.625. The molecule has 1 unspecified atom stereocenters. The second kappa shape index (κ2) is 6.84. The quantitative estimate of drug-likeness (QED) is 0.743. The molecule has 0 spiro atoms. The van der Waals surface area contributed by atoms with Gasteiger partial charge in [-0.05, 0) is 42.5 Å². The number of halogens is 6. The molecule has 1 aromatic rings. The Labute approximate surface area is 152 Å². The Morgan fingerprint density at radius 1 is 1.07 bits per heavy atom. The van der Waals surface area contributed by atoms with Crippen molar-refractivity contribution in [2.75, 3.05) is 11.9 Å². The van der Waals surface area contributed by atoms with E-state index in [0.717, 1.165) is 31.4 Å². The zero-order valence-electron chi connectivity index (χ0n) is 14.1. The molecule has 1 N–H and O–H groups in total. The van der Waals surface area contributed by atoms with Crippen molar-refractivity contribution < 1.29 is 34.8 Å². The second-order valence-electron chi connectivity index (χ2n) is 6.97. The predicted octanol–water partition coefficient (Wildman–Crippen LogP) is 4.34. The molecular formula is C16H18F6N2O2S. The fourth-order valence-corrected chi connectivity index (χ4v) is 4.12. The minimum Gasteiger partial charge on any atom is -0.381 e. The van der Waals surface area contributed by atoms with Crippen LogP contribution in [0.25, 0.3) is 0 Å². The van der Waals surface area contributed by atoms with Crippen LogP contribution in [0.15, 0.2) is 18.2 Å². The van der Waals surface area contributed by atoms with E-state index in [1.807, 2.05) is 0 Å². The highest BCUT2D eigenvalue weighted by Crippen LogP contribution is 2.38. The lowest BCUT2D eigenvalue weighted by atomic mass is 10.1. The van der Waals surface area contributed by atoms with E-state index < -0.39 is 46.4 Å². The van der Waals surface area contributed by atoms with Crippen LogP contribution in [0.1, 0.15) is 36.8 Å². The molecule has 1 atom stereocenters. The molecule has 3 rings (SSSR count). The Hall–Kier alpha value is -1.49. The summed E-state index contributed by atoms with van der Waals surface area (Å²) in [7, 11) is -5.66. The van der Waals surface area contributed by atoms with Gasteiger partial charge in [0.1, 0.15) is 0 Å². The predicted molar refractivity (Wildman–Crippen MR) is 86.2 cm³/mol. The van der Waals surface area contributed by atoms with E-state index in [4.69, 9.17) is 0 Å². The third kappa shape index (κ3) is 4.50. The molecule has 0 bridgehead atoms. The highest BCUT2D eigenvalue weighted by Gasteiger charge is 2.51. The van der Waals surface area contributed by atoms with Gasteiger partial charge >= 0.3 is 21.7 Å². The minimum atomic E-state index is -5.66. The van der Waals surface area contributed by atoms with Gasteiger partial charge in [-0.2, -0.15) is 30.6 Å². The standard InChI is InChI=1S/C16H18F6N2O2S/c17-15(18,19)12-4-6-14-11(7-12)8-24(27(25,26)16(20,21)22)9-13(23-14)5-3-10-1-2-10/h4,6-7,10,13,23H,1-3,5,8-9H2. The maximum Gasteiger partial charge on any atom is 0.511 e. The largest absolute Gasteiger partial charge is 0.511 e. The second-order valence-corrected chi connectivity index (χ2v) is 8.90. The SMILES string of the molecule is O=S(=O)(N1Cc2cc(C(F)(F)F)ccc2NC(CCC2CC2)C1)C(F)(F)F. The first kappa shape index (κ1) is 20.2. The first-order valence-electron chi connectivity index (χ1n) is 8.41. The summed E-state index contributed by atoms with van der Waals surface area (Å²) in [5.74, 6) is 0.481. The van der Waals surface area contributed by atoms with E-state index in [0.29, 0.717) is 18.4 Å².